The molecule has 0 bridgehead atoms. The first kappa shape index (κ1) is 16.1. The maximum absolute atomic E-state index is 12.6. The van der Waals surface area contributed by atoms with Crippen LogP contribution in [0.3, 0.4) is 0 Å². The van der Waals surface area contributed by atoms with Crippen molar-refractivity contribution in [1.82, 2.24) is 10.6 Å². The van der Waals surface area contributed by atoms with Crippen LogP contribution >= 0.6 is 11.8 Å². The van der Waals surface area contributed by atoms with Crippen molar-refractivity contribution in [2.45, 2.75) is 30.1 Å². The Kier molecular flexibility index (Phi) is 3.95. The molecular weight excluding hydrogens is 338 g/mol. The van der Waals surface area contributed by atoms with Crippen LogP contribution in [0.2, 0.25) is 0 Å². The molecule has 2 atom stereocenters. The molecule has 25 heavy (non-hydrogen) atoms. The zero-order valence-electron chi connectivity index (χ0n) is 13.7. The SMILES string of the molecule is CSc1ccc(C2C3=C(CCCC3=O)N=C3NC(=O)NC(=O)C32)cc1. The molecule has 1 aromatic carbocycles. The predicted octanol–water partition coefficient (Wildman–Crippen LogP) is 2.37. The number of benzene rings is 1. The van der Waals surface area contributed by atoms with Gasteiger partial charge in [0.05, 0.1) is 0 Å². The van der Waals surface area contributed by atoms with Gasteiger partial charge in [-0.1, -0.05) is 12.1 Å². The van der Waals surface area contributed by atoms with Gasteiger partial charge in [0.2, 0.25) is 5.91 Å². The van der Waals surface area contributed by atoms with E-state index in [0.717, 1.165) is 16.9 Å². The van der Waals surface area contributed by atoms with Crippen LogP contribution in [-0.2, 0) is 9.59 Å². The van der Waals surface area contributed by atoms with Crippen molar-refractivity contribution in [3.63, 3.8) is 0 Å². The number of nitrogens with zero attached hydrogens (tertiary/aromatic N) is 1. The number of carbonyl (C=O) groups is 3. The van der Waals surface area contributed by atoms with E-state index in [9.17, 15) is 14.4 Å². The third-order valence-electron chi connectivity index (χ3n) is 4.86. The van der Waals surface area contributed by atoms with Crippen LogP contribution < -0.4 is 10.6 Å². The van der Waals surface area contributed by atoms with Gasteiger partial charge in [0.15, 0.2) is 5.78 Å². The molecule has 1 fully saturated rings. The number of hydrogen-bond donors (Lipinski definition) is 2. The van der Waals surface area contributed by atoms with E-state index in [1.807, 2.05) is 30.5 Å². The fraction of sp³-hybridized carbons (Fsp3) is 0.333. The Morgan fingerprint density at radius 1 is 1.04 bits per heavy atom. The Balaban J connectivity index is 1.86. The van der Waals surface area contributed by atoms with Crippen molar-refractivity contribution in [3.8, 4) is 0 Å². The van der Waals surface area contributed by atoms with Gasteiger partial charge < -0.3 is 0 Å². The van der Waals surface area contributed by atoms with Crippen LogP contribution in [0.5, 0.6) is 0 Å². The van der Waals surface area contributed by atoms with E-state index in [1.54, 1.807) is 11.8 Å². The molecule has 1 aliphatic carbocycles. The van der Waals surface area contributed by atoms with Crippen molar-refractivity contribution >= 4 is 35.3 Å². The lowest BCUT2D eigenvalue weighted by Crippen LogP contribution is -2.58. The Hall–Kier alpha value is -2.41. The number of aliphatic imine (C=N–C) groups is 1. The number of ketones is 1. The maximum atomic E-state index is 12.6. The van der Waals surface area contributed by atoms with Gasteiger partial charge in [0.25, 0.3) is 0 Å². The van der Waals surface area contributed by atoms with E-state index in [0.29, 0.717) is 29.9 Å². The minimum Gasteiger partial charge on any atom is -0.295 e. The number of amides is 3. The Morgan fingerprint density at radius 3 is 2.52 bits per heavy atom. The first-order chi connectivity index (χ1) is 12.1. The topological polar surface area (TPSA) is 87.6 Å². The lowest BCUT2D eigenvalue weighted by atomic mass is 9.72. The number of nitrogens with one attached hydrogen (secondary N) is 2. The number of rotatable bonds is 2. The minimum absolute atomic E-state index is 0.0488. The van der Waals surface area contributed by atoms with Gasteiger partial charge in [-0.25, -0.2) is 9.79 Å². The van der Waals surface area contributed by atoms with E-state index in [2.05, 4.69) is 15.6 Å². The summed E-state index contributed by atoms with van der Waals surface area (Å²) in [6.45, 7) is 0. The predicted molar refractivity (Wildman–Crippen MR) is 94.4 cm³/mol. The summed E-state index contributed by atoms with van der Waals surface area (Å²) >= 11 is 1.63. The van der Waals surface area contributed by atoms with Crippen molar-refractivity contribution in [1.29, 1.82) is 0 Å². The molecule has 1 aromatic rings. The highest BCUT2D eigenvalue weighted by molar-refractivity contribution is 7.98. The van der Waals surface area contributed by atoms with Crippen molar-refractivity contribution in [3.05, 3.63) is 41.1 Å². The quantitative estimate of drug-likeness (QED) is 0.797. The molecule has 3 amide bonds. The van der Waals surface area contributed by atoms with Gasteiger partial charge in [-0.05, 0) is 36.8 Å². The first-order valence-electron chi connectivity index (χ1n) is 8.19. The van der Waals surface area contributed by atoms with Crippen molar-refractivity contribution in [2.24, 2.45) is 10.9 Å². The number of allylic oxidation sites excluding steroid dienone is 2. The number of urea groups is 1. The molecule has 2 unspecified atom stereocenters. The number of fused-ring (bicyclic) bond motifs is 1. The highest BCUT2D eigenvalue weighted by Crippen LogP contribution is 2.43. The average Bonchev–Trinajstić information content (AvgIpc) is 2.60. The van der Waals surface area contributed by atoms with E-state index < -0.39 is 23.8 Å². The third kappa shape index (κ3) is 2.68. The molecule has 6 nitrogen and oxygen atoms in total. The number of hydrogen-bond acceptors (Lipinski definition) is 5. The Morgan fingerprint density at radius 2 is 1.80 bits per heavy atom. The van der Waals surface area contributed by atoms with E-state index in [-0.39, 0.29) is 5.78 Å². The summed E-state index contributed by atoms with van der Waals surface area (Å²) in [6, 6.07) is 7.31. The van der Waals surface area contributed by atoms with Gasteiger partial charge in [-0.3, -0.25) is 20.2 Å². The molecule has 2 aliphatic heterocycles. The van der Waals surface area contributed by atoms with Crippen molar-refractivity contribution < 1.29 is 14.4 Å². The van der Waals surface area contributed by atoms with Crippen LogP contribution in [-0.4, -0.2) is 29.8 Å². The van der Waals surface area contributed by atoms with Gasteiger partial charge in [-0.2, -0.15) is 0 Å². The first-order valence-corrected chi connectivity index (χ1v) is 9.41. The van der Waals surface area contributed by atoms with Gasteiger partial charge in [0, 0.05) is 28.5 Å². The summed E-state index contributed by atoms with van der Waals surface area (Å²) in [7, 11) is 0. The summed E-state index contributed by atoms with van der Waals surface area (Å²) in [6.07, 6.45) is 3.91. The molecule has 2 heterocycles. The number of carbonyl (C=O) groups excluding carboxylic acids is 3. The maximum Gasteiger partial charge on any atom is 0.326 e. The average molecular weight is 355 g/mol. The van der Waals surface area contributed by atoms with Crippen LogP contribution in [0.4, 0.5) is 4.79 Å². The molecule has 128 valence electrons. The number of Topliss-reactive ketones (excluding diaryl/α,β-unsaturated/α-hetero) is 1. The Bertz CT molecular complexity index is 842. The fourth-order valence-corrected chi connectivity index (χ4v) is 4.15. The minimum atomic E-state index is -0.682. The van der Waals surface area contributed by atoms with Gasteiger partial charge in [0.1, 0.15) is 11.8 Å². The third-order valence-corrected chi connectivity index (χ3v) is 5.60. The number of thioether (sulfide) groups is 1. The molecule has 7 heteroatoms. The molecule has 0 aromatic heterocycles. The Labute approximate surface area is 149 Å². The number of amidine groups is 1. The zero-order valence-corrected chi connectivity index (χ0v) is 14.5. The van der Waals surface area contributed by atoms with Gasteiger partial charge >= 0.3 is 6.03 Å². The molecular formula is C18H17N3O3S. The van der Waals surface area contributed by atoms with E-state index in [4.69, 9.17) is 0 Å². The molecule has 4 rings (SSSR count). The fourth-order valence-electron chi connectivity index (χ4n) is 3.74. The van der Waals surface area contributed by atoms with E-state index >= 15 is 0 Å². The summed E-state index contributed by atoms with van der Waals surface area (Å²) in [5.74, 6) is -1.11. The lowest BCUT2D eigenvalue weighted by Gasteiger charge is -2.37. The van der Waals surface area contributed by atoms with Crippen LogP contribution in [0, 0.1) is 5.92 Å². The molecule has 0 saturated carbocycles. The van der Waals surface area contributed by atoms with Crippen LogP contribution in [0.15, 0.2) is 45.4 Å². The van der Waals surface area contributed by atoms with Crippen molar-refractivity contribution in [2.75, 3.05) is 6.26 Å². The normalized spacial score (nSPS) is 25.6. The molecule has 0 spiro atoms. The summed E-state index contributed by atoms with van der Waals surface area (Å²) < 4.78 is 0. The standard InChI is InChI=1S/C18H17N3O3S/c1-25-10-7-5-9(6-8-10)13-14-11(3-2-4-12(14)22)19-16-15(13)17(23)21-18(24)20-16/h5-8,13,15H,2-4H2,1H3,(H2,19,20,21,23,24). The highest BCUT2D eigenvalue weighted by Gasteiger charge is 2.46. The van der Waals surface area contributed by atoms with Gasteiger partial charge in [-0.15, -0.1) is 11.8 Å². The molecule has 1 saturated heterocycles. The smallest absolute Gasteiger partial charge is 0.295 e. The molecule has 0 radical (unpaired) electrons. The molecule has 2 N–H and O–H groups in total. The summed E-state index contributed by atoms with van der Waals surface area (Å²) in [4.78, 5) is 42.4. The van der Waals surface area contributed by atoms with E-state index in [1.165, 1.54) is 0 Å². The second kappa shape index (κ2) is 6.15. The monoisotopic (exact) mass is 355 g/mol. The zero-order chi connectivity index (χ0) is 17.6. The second-order valence-electron chi connectivity index (χ2n) is 6.31. The van der Waals surface area contributed by atoms with Crippen LogP contribution in [0.25, 0.3) is 0 Å². The summed E-state index contributed by atoms with van der Waals surface area (Å²) in [5.41, 5.74) is 2.23. The largest absolute Gasteiger partial charge is 0.326 e. The number of imide groups is 1. The van der Waals surface area contributed by atoms with Crippen LogP contribution in [0.1, 0.15) is 30.7 Å². The molecule has 3 aliphatic rings. The highest BCUT2D eigenvalue weighted by atomic mass is 32.2. The summed E-state index contributed by atoms with van der Waals surface area (Å²) in [5, 5.41) is 4.95. The lowest BCUT2D eigenvalue weighted by molar-refractivity contribution is -0.122. The second-order valence-corrected chi connectivity index (χ2v) is 7.19.